The second-order valence-corrected chi connectivity index (χ2v) is 11.5. The third-order valence-corrected chi connectivity index (χ3v) is 7.57. The summed E-state index contributed by atoms with van der Waals surface area (Å²) >= 11 is 6.09. The molecule has 7 N–H and O–H groups in total. The summed E-state index contributed by atoms with van der Waals surface area (Å²) in [7, 11) is 0. The summed E-state index contributed by atoms with van der Waals surface area (Å²) in [6.07, 6.45) is 3.75. The highest BCUT2D eigenvalue weighted by atomic mass is 35.5. The van der Waals surface area contributed by atoms with E-state index in [1.807, 2.05) is 30.3 Å². The average Bonchev–Trinajstić information content (AvgIpc) is 3.07. The number of rotatable bonds is 22. The summed E-state index contributed by atoms with van der Waals surface area (Å²) in [5, 5.41) is 14.2. The van der Waals surface area contributed by atoms with Gasteiger partial charge in [0, 0.05) is 56.0 Å². The molecule has 2 unspecified atom stereocenters. The van der Waals surface area contributed by atoms with Gasteiger partial charge in [0.1, 0.15) is 18.7 Å². The molecule has 0 saturated heterocycles. The van der Waals surface area contributed by atoms with E-state index in [-0.39, 0.29) is 51.3 Å². The second kappa shape index (κ2) is 23.2. The Morgan fingerprint density at radius 2 is 1.43 bits per heavy atom. The molecule has 0 spiro atoms. The highest BCUT2D eigenvalue weighted by Crippen LogP contribution is 2.15. The van der Waals surface area contributed by atoms with E-state index in [2.05, 4.69) is 33.5 Å². The van der Waals surface area contributed by atoms with Gasteiger partial charge < -0.3 is 37.1 Å². The summed E-state index contributed by atoms with van der Waals surface area (Å²) in [4.78, 5) is 63.5. The fraction of sp³-hybridized carbons (Fsp3) is 0.500. The Morgan fingerprint density at radius 1 is 0.745 bits per heavy atom. The van der Waals surface area contributed by atoms with Crippen LogP contribution in [-0.4, -0.2) is 68.0 Å². The molecule has 0 saturated carbocycles. The molecule has 0 aliphatic carbocycles. The molecule has 258 valence electrons. The first-order valence-corrected chi connectivity index (χ1v) is 16.6. The van der Waals surface area contributed by atoms with Gasteiger partial charge in [0.15, 0.2) is 0 Å². The lowest BCUT2D eigenvalue weighted by molar-refractivity contribution is -0.132. The van der Waals surface area contributed by atoms with Crippen molar-refractivity contribution in [3.8, 4) is 0 Å². The van der Waals surface area contributed by atoms with Crippen LogP contribution >= 0.6 is 11.6 Å². The zero-order chi connectivity index (χ0) is 34.3. The molecule has 2 atom stereocenters. The average molecular weight is 673 g/mol. The van der Waals surface area contributed by atoms with Crippen LogP contribution in [-0.2, 0) is 36.9 Å². The number of ether oxygens (including phenoxy) is 1. The molecule has 0 radical (unpaired) electrons. The van der Waals surface area contributed by atoms with Crippen molar-refractivity contribution in [2.24, 2.45) is 5.73 Å². The van der Waals surface area contributed by atoms with Crippen molar-refractivity contribution in [2.45, 2.75) is 83.4 Å². The minimum atomic E-state index is -0.975. The summed E-state index contributed by atoms with van der Waals surface area (Å²) in [5.74, 6) is -1.59. The molecule has 2 rings (SSSR count). The first kappa shape index (κ1) is 39.0. The van der Waals surface area contributed by atoms with Crippen molar-refractivity contribution in [1.82, 2.24) is 26.6 Å². The van der Waals surface area contributed by atoms with E-state index in [4.69, 9.17) is 22.1 Å². The highest BCUT2D eigenvalue weighted by Gasteiger charge is 2.27. The smallest absolute Gasteiger partial charge is 0.407 e. The molecule has 0 aromatic heterocycles. The lowest BCUT2D eigenvalue weighted by Gasteiger charge is -2.23. The predicted octanol–water partition coefficient (Wildman–Crippen LogP) is 3.11. The molecule has 2 aromatic rings. The molecule has 0 aliphatic heterocycles. The molecule has 0 heterocycles. The first-order chi connectivity index (χ1) is 22.7. The van der Waals surface area contributed by atoms with Crippen LogP contribution in [0.25, 0.3) is 0 Å². The number of benzene rings is 2. The molecule has 0 bridgehead atoms. The zero-order valence-corrected chi connectivity index (χ0v) is 27.9. The monoisotopic (exact) mass is 672 g/mol. The standard InChI is InChI=1S/C34H49ClN6O6/c1-2-3-10-20-37-30(42)17-18-31(43)40-29(23-25-12-5-4-6-13-25)33(45)41-28(32(44)38-22-19-36)16-9-11-21-39-34(46)47-24-26-14-7-8-15-27(26)35/h4-8,12-15,28-29H,2-3,9-11,16-24,36H2,1H3,(H,37,42)(H,38,44)(H,39,46)(H,40,43)(H,41,45). The van der Waals surface area contributed by atoms with Crippen molar-refractivity contribution in [3.63, 3.8) is 0 Å². The number of hydrogen-bond donors (Lipinski definition) is 6. The van der Waals surface area contributed by atoms with Crippen molar-refractivity contribution in [3.05, 3.63) is 70.7 Å². The first-order valence-electron chi connectivity index (χ1n) is 16.3. The highest BCUT2D eigenvalue weighted by molar-refractivity contribution is 6.31. The van der Waals surface area contributed by atoms with Gasteiger partial charge in [-0.25, -0.2) is 4.79 Å². The zero-order valence-electron chi connectivity index (χ0n) is 27.2. The predicted molar refractivity (Wildman–Crippen MR) is 181 cm³/mol. The Balaban J connectivity index is 1.93. The van der Waals surface area contributed by atoms with Gasteiger partial charge in [0.25, 0.3) is 0 Å². The van der Waals surface area contributed by atoms with Gasteiger partial charge in [-0.3, -0.25) is 19.2 Å². The van der Waals surface area contributed by atoms with Gasteiger partial charge >= 0.3 is 6.09 Å². The number of alkyl carbamates (subject to hydrolysis) is 1. The Bertz CT molecular complexity index is 1260. The maximum atomic E-state index is 13.5. The van der Waals surface area contributed by atoms with E-state index in [1.54, 1.807) is 24.3 Å². The molecule has 5 amide bonds. The Labute approximate surface area is 282 Å². The molecular formula is C34H49ClN6O6. The van der Waals surface area contributed by atoms with Crippen LogP contribution in [0, 0.1) is 0 Å². The number of carbonyl (C=O) groups is 5. The maximum Gasteiger partial charge on any atom is 0.407 e. The Kier molecular flexibility index (Phi) is 19.3. The van der Waals surface area contributed by atoms with E-state index >= 15 is 0 Å². The quantitative estimate of drug-likeness (QED) is 0.104. The van der Waals surface area contributed by atoms with Crippen LogP contribution in [0.15, 0.2) is 54.6 Å². The third-order valence-electron chi connectivity index (χ3n) is 7.20. The molecule has 2 aromatic carbocycles. The van der Waals surface area contributed by atoms with Crippen molar-refractivity contribution >= 4 is 41.3 Å². The third kappa shape index (κ3) is 16.8. The molecular weight excluding hydrogens is 624 g/mol. The van der Waals surface area contributed by atoms with Gasteiger partial charge in [-0.05, 0) is 37.3 Å². The van der Waals surface area contributed by atoms with Crippen LogP contribution < -0.4 is 32.3 Å². The van der Waals surface area contributed by atoms with E-state index in [0.717, 1.165) is 24.8 Å². The van der Waals surface area contributed by atoms with Crippen molar-refractivity contribution in [2.75, 3.05) is 26.2 Å². The van der Waals surface area contributed by atoms with Crippen LogP contribution in [0.4, 0.5) is 4.79 Å². The fourth-order valence-electron chi connectivity index (χ4n) is 4.58. The minimum absolute atomic E-state index is 0.00331. The van der Waals surface area contributed by atoms with Gasteiger partial charge in [-0.1, -0.05) is 79.9 Å². The number of carbonyl (C=O) groups excluding carboxylic acids is 5. The SMILES string of the molecule is CCCCCNC(=O)CCC(=O)NC(Cc1ccccc1)C(=O)NC(CCCCNC(=O)OCc1ccccc1Cl)C(=O)NCCN. The summed E-state index contributed by atoms with van der Waals surface area (Å²) < 4.78 is 5.21. The number of nitrogens with two attached hydrogens (primary N) is 1. The molecule has 0 fully saturated rings. The Morgan fingerprint density at radius 3 is 2.15 bits per heavy atom. The normalized spacial score (nSPS) is 11.9. The minimum Gasteiger partial charge on any atom is -0.445 e. The van der Waals surface area contributed by atoms with Crippen LogP contribution in [0.2, 0.25) is 5.02 Å². The summed E-state index contributed by atoms with van der Waals surface area (Å²) in [5.41, 5.74) is 7.07. The van der Waals surface area contributed by atoms with Crippen molar-refractivity contribution in [1.29, 1.82) is 0 Å². The van der Waals surface area contributed by atoms with Crippen molar-refractivity contribution < 1.29 is 28.7 Å². The van der Waals surface area contributed by atoms with E-state index < -0.39 is 35.9 Å². The summed E-state index contributed by atoms with van der Waals surface area (Å²) in [6, 6.07) is 14.4. The largest absolute Gasteiger partial charge is 0.445 e. The number of nitrogens with one attached hydrogen (secondary N) is 5. The number of amides is 5. The molecule has 47 heavy (non-hydrogen) atoms. The van der Waals surface area contributed by atoms with Gasteiger partial charge in [0.05, 0.1) is 0 Å². The van der Waals surface area contributed by atoms with Crippen LogP contribution in [0.1, 0.15) is 69.4 Å². The van der Waals surface area contributed by atoms with Gasteiger partial charge in [-0.2, -0.15) is 0 Å². The molecule has 0 aliphatic rings. The molecule has 12 nitrogen and oxygen atoms in total. The number of hydrogen-bond acceptors (Lipinski definition) is 7. The van der Waals surface area contributed by atoms with E-state index in [0.29, 0.717) is 36.5 Å². The maximum absolute atomic E-state index is 13.5. The van der Waals surface area contributed by atoms with E-state index in [1.165, 1.54) is 0 Å². The van der Waals surface area contributed by atoms with Gasteiger partial charge in [0.2, 0.25) is 23.6 Å². The van der Waals surface area contributed by atoms with E-state index in [9.17, 15) is 24.0 Å². The lowest BCUT2D eigenvalue weighted by Crippen LogP contribution is -2.54. The summed E-state index contributed by atoms with van der Waals surface area (Å²) in [6.45, 7) is 3.43. The lowest BCUT2D eigenvalue weighted by atomic mass is 10.0. The Hall–Kier alpha value is -4.16. The van der Waals surface area contributed by atoms with Gasteiger partial charge in [-0.15, -0.1) is 0 Å². The topological polar surface area (TPSA) is 181 Å². The fourth-order valence-corrected chi connectivity index (χ4v) is 4.77. The molecule has 13 heteroatoms. The van der Waals surface area contributed by atoms with Crippen LogP contribution in [0.3, 0.4) is 0 Å². The van der Waals surface area contributed by atoms with Crippen LogP contribution in [0.5, 0.6) is 0 Å². The second-order valence-electron chi connectivity index (χ2n) is 11.1. The number of unbranched alkanes of at least 4 members (excludes halogenated alkanes) is 3. The number of halogens is 1.